The number of hydrogen-bond donors (Lipinski definition) is 0. The zero-order chi connectivity index (χ0) is 12.5. The predicted octanol–water partition coefficient (Wildman–Crippen LogP) is 2.32. The first-order valence-corrected chi connectivity index (χ1v) is 7.93. The van der Waals surface area contributed by atoms with Gasteiger partial charge in [-0.15, -0.1) is 0 Å². The van der Waals surface area contributed by atoms with Gasteiger partial charge in [-0.1, -0.05) is 34.1 Å². The van der Waals surface area contributed by atoms with Crippen LogP contribution in [0.25, 0.3) is 0 Å². The lowest BCUT2D eigenvalue weighted by atomic mass is 9.83. The van der Waals surface area contributed by atoms with Gasteiger partial charge in [-0.2, -0.15) is 5.26 Å². The van der Waals surface area contributed by atoms with E-state index in [1.54, 1.807) is 0 Å². The van der Waals surface area contributed by atoms with Crippen LogP contribution in [0.15, 0.2) is 28.7 Å². The molecule has 1 aliphatic heterocycles. The van der Waals surface area contributed by atoms with Crippen LogP contribution in [0.5, 0.6) is 0 Å². The van der Waals surface area contributed by atoms with Gasteiger partial charge < -0.3 is 0 Å². The van der Waals surface area contributed by atoms with Crippen molar-refractivity contribution in [3.8, 4) is 6.07 Å². The molecule has 0 N–H and O–H groups in total. The Morgan fingerprint density at radius 2 is 2.12 bits per heavy atom. The van der Waals surface area contributed by atoms with Crippen LogP contribution in [0.3, 0.4) is 0 Å². The van der Waals surface area contributed by atoms with Crippen LogP contribution in [-0.2, 0) is 16.3 Å². The molecule has 1 aromatic rings. The van der Waals surface area contributed by atoms with E-state index in [4.69, 9.17) is 0 Å². The lowest BCUT2D eigenvalue weighted by molar-refractivity contribution is 0.450. The summed E-state index contributed by atoms with van der Waals surface area (Å²) in [6.45, 7) is 0. The van der Waals surface area contributed by atoms with E-state index in [1.807, 2.05) is 24.3 Å². The third-order valence-electron chi connectivity index (χ3n) is 3.11. The molecule has 0 spiro atoms. The first-order valence-electron chi connectivity index (χ1n) is 5.31. The van der Waals surface area contributed by atoms with Crippen LogP contribution in [0.4, 0.5) is 0 Å². The summed E-state index contributed by atoms with van der Waals surface area (Å²) in [6, 6.07) is 9.84. The van der Waals surface area contributed by atoms with Gasteiger partial charge in [-0.25, -0.2) is 8.42 Å². The van der Waals surface area contributed by atoms with Gasteiger partial charge in [0.05, 0.1) is 23.0 Å². The lowest BCUT2D eigenvalue weighted by Gasteiger charge is -2.19. The van der Waals surface area contributed by atoms with Crippen molar-refractivity contribution >= 4 is 25.8 Å². The highest BCUT2D eigenvalue weighted by atomic mass is 79.9. The Morgan fingerprint density at radius 3 is 2.65 bits per heavy atom. The Bertz CT molecular complexity index is 576. The number of benzene rings is 1. The van der Waals surface area contributed by atoms with Crippen LogP contribution in [0, 0.1) is 16.7 Å². The summed E-state index contributed by atoms with van der Waals surface area (Å²) < 4.78 is 24.0. The minimum atomic E-state index is -3.04. The van der Waals surface area contributed by atoms with Gasteiger partial charge in [-0.05, 0) is 24.5 Å². The average Bonchev–Trinajstić information content (AvgIpc) is 2.59. The summed E-state index contributed by atoms with van der Waals surface area (Å²) in [4.78, 5) is 0. The van der Waals surface area contributed by atoms with Crippen molar-refractivity contribution in [1.82, 2.24) is 0 Å². The van der Waals surface area contributed by atoms with Crippen molar-refractivity contribution in [3.63, 3.8) is 0 Å². The number of rotatable bonds is 2. The highest BCUT2D eigenvalue weighted by Gasteiger charge is 2.42. The molecule has 1 aromatic carbocycles. The van der Waals surface area contributed by atoms with Crippen molar-refractivity contribution < 1.29 is 8.42 Å². The quantitative estimate of drug-likeness (QED) is 0.842. The molecule has 1 heterocycles. The topological polar surface area (TPSA) is 57.9 Å². The average molecular weight is 314 g/mol. The largest absolute Gasteiger partial charge is 0.229 e. The maximum absolute atomic E-state index is 11.5. The Balaban J connectivity index is 2.29. The van der Waals surface area contributed by atoms with Crippen LogP contribution < -0.4 is 0 Å². The van der Waals surface area contributed by atoms with Gasteiger partial charge in [0.15, 0.2) is 9.84 Å². The Morgan fingerprint density at radius 1 is 1.41 bits per heavy atom. The maximum atomic E-state index is 11.5. The lowest BCUT2D eigenvalue weighted by Crippen LogP contribution is -2.23. The van der Waals surface area contributed by atoms with E-state index in [9.17, 15) is 13.7 Å². The van der Waals surface area contributed by atoms with Crippen molar-refractivity contribution in [2.75, 3.05) is 11.5 Å². The van der Waals surface area contributed by atoms with Crippen LogP contribution in [0.1, 0.15) is 12.0 Å². The Hall–Kier alpha value is -0.860. The molecule has 1 unspecified atom stereocenters. The molecule has 1 saturated heterocycles. The van der Waals surface area contributed by atoms with E-state index in [2.05, 4.69) is 22.0 Å². The standard InChI is InChI=1S/C12H12BrNO2S/c13-11-4-2-1-3-10(11)7-12(8-14)5-6-17(15,16)9-12/h1-4H,5-7,9H2. The Labute approximate surface area is 110 Å². The first kappa shape index (κ1) is 12.6. The zero-order valence-electron chi connectivity index (χ0n) is 9.19. The van der Waals surface area contributed by atoms with Gasteiger partial charge in [0.25, 0.3) is 0 Å². The van der Waals surface area contributed by atoms with Crippen LogP contribution in [0.2, 0.25) is 0 Å². The molecule has 17 heavy (non-hydrogen) atoms. The van der Waals surface area contributed by atoms with Gasteiger partial charge in [0.2, 0.25) is 0 Å². The molecule has 0 amide bonds. The SMILES string of the molecule is N#CC1(Cc2ccccc2Br)CCS(=O)(=O)C1. The fourth-order valence-electron chi connectivity index (χ4n) is 2.19. The van der Waals surface area contributed by atoms with Crippen molar-refractivity contribution in [3.05, 3.63) is 34.3 Å². The van der Waals surface area contributed by atoms with E-state index >= 15 is 0 Å². The second-order valence-electron chi connectivity index (χ2n) is 4.50. The van der Waals surface area contributed by atoms with Crippen LogP contribution in [-0.4, -0.2) is 19.9 Å². The second kappa shape index (κ2) is 4.43. The number of halogens is 1. The maximum Gasteiger partial charge on any atom is 0.151 e. The fourth-order valence-corrected chi connectivity index (χ4v) is 4.61. The predicted molar refractivity (Wildman–Crippen MR) is 69.2 cm³/mol. The summed E-state index contributed by atoms with van der Waals surface area (Å²) in [5, 5.41) is 9.27. The van der Waals surface area contributed by atoms with E-state index in [0.717, 1.165) is 10.0 Å². The zero-order valence-corrected chi connectivity index (χ0v) is 11.6. The normalized spacial score (nSPS) is 26.6. The summed E-state index contributed by atoms with van der Waals surface area (Å²) >= 11 is 3.43. The number of nitriles is 1. The van der Waals surface area contributed by atoms with Crippen molar-refractivity contribution in [1.29, 1.82) is 5.26 Å². The molecular weight excluding hydrogens is 302 g/mol. The minimum Gasteiger partial charge on any atom is -0.229 e. The highest BCUT2D eigenvalue weighted by molar-refractivity contribution is 9.10. The molecule has 1 aliphatic rings. The van der Waals surface area contributed by atoms with E-state index in [0.29, 0.717) is 12.8 Å². The molecule has 0 aromatic heterocycles. The molecule has 2 rings (SSSR count). The summed E-state index contributed by atoms with van der Waals surface area (Å²) in [6.07, 6.45) is 0.928. The summed E-state index contributed by atoms with van der Waals surface area (Å²) in [7, 11) is -3.04. The molecule has 1 atom stereocenters. The van der Waals surface area contributed by atoms with E-state index in [-0.39, 0.29) is 11.5 Å². The highest BCUT2D eigenvalue weighted by Crippen LogP contribution is 2.36. The molecular formula is C12H12BrNO2S. The molecule has 0 radical (unpaired) electrons. The first-order chi connectivity index (χ1) is 7.96. The smallest absolute Gasteiger partial charge is 0.151 e. The number of sulfone groups is 1. The fraction of sp³-hybridized carbons (Fsp3) is 0.417. The van der Waals surface area contributed by atoms with E-state index < -0.39 is 15.3 Å². The number of hydrogen-bond acceptors (Lipinski definition) is 3. The van der Waals surface area contributed by atoms with Gasteiger partial charge in [0.1, 0.15) is 0 Å². The minimum absolute atomic E-state index is 0.0160. The van der Waals surface area contributed by atoms with Gasteiger partial charge in [0, 0.05) is 4.47 Å². The van der Waals surface area contributed by atoms with Crippen molar-refractivity contribution in [2.24, 2.45) is 5.41 Å². The summed E-state index contributed by atoms with van der Waals surface area (Å²) in [5.74, 6) is 0.114. The van der Waals surface area contributed by atoms with Crippen molar-refractivity contribution in [2.45, 2.75) is 12.8 Å². The van der Waals surface area contributed by atoms with Gasteiger partial charge >= 0.3 is 0 Å². The van der Waals surface area contributed by atoms with Gasteiger partial charge in [-0.3, -0.25) is 0 Å². The number of nitrogens with zero attached hydrogens (tertiary/aromatic N) is 1. The third-order valence-corrected chi connectivity index (χ3v) is 5.70. The van der Waals surface area contributed by atoms with E-state index in [1.165, 1.54) is 0 Å². The molecule has 3 nitrogen and oxygen atoms in total. The monoisotopic (exact) mass is 313 g/mol. The molecule has 90 valence electrons. The summed E-state index contributed by atoms with van der Waals surface area (Å²) in [5.41, 5.74) is 0.244. The molecule has 1 fully saturated rings. The Kier molecular flexibility index (Phi) is 3.28. The molecule has 0 aliphatic carbocycles. The van der Waals surface area contributed by atoms with Crippen LogP contribution >= 0.6 is 15.9 Å². The molecule has 0 saturated carbocycles. The molecule has 0 bridgehead atoms. The molecule has 5 heteroatoms. The second-order valence-corrected chi connectivity index (χ2v) is 7.54. The third kappa shape index (κ3) is 2.70.